The number of ether oxygens (including phenoxy) is 1. The number of nitrogens with zero attached hydrogens (tertiary/aromatic N) is 3. The molecule has 2 heterocycles. The molecular weight excluding hydrogens is 250 g/mol. The number of carbonyl (C=O) groups excluding carboxylic acids is 1. The van der Waals surface area contributed by atoms with Crippen molar-refractivity contribution in [2.75, 3.05) is 25.1 Å². The van der Waals surface area contributed by atoms with Crippen LogP contribution in [-0.2, 0) is 9.53 Å². The van der Waals surface area contributed by atoms with E-state index in [0.717, 1.165) is 0 Å². The maximum atomic E-state index is 11.4. The number of carbonyl (C=O) groups is 2. The van der Waals surface area contributed by atoms with E-state index in [-0.39, 0.29) is 11.7 Å². The standard InChI is InChI=1S/C12H15N3O4/c1-7-5-15(6-8(7)11(16)17)9-3-4-13-10(14-9)12(18)19-2/h3-4,7-8H,5-6H2,1-2H3,(H,16,17)/t7-,8-/m1/s1. The van der Waals surface area contributed by atoms with Crippen LogP contribution in [0, 0.1) is 11.8 Å². The lowest BCUT2D eigenvalue weighted by molar-refractivity contribution is -0.142. The largest absolute Gasteiger partial charge is 0.481 e. The molecule has 1 fully saturated rings. The van der Waals surface area contributed by atoms with Crippen LogP contribution in [0.15, 0.2) is 12.3 Å². The second kappa shape index (κ2) is 5.21. The van der Waals surface area contributed by atoms with Gasteiger partial charge in [0.2, 0.25) is 5.82 Å². The Bertz CT molecular complexity index is 506. The van der Waals surface area contributed by atoms with Crippen molar-refractivity contribution in [3.05, 3.63) is 18.1 Å². The van der Waals surface area contributed by atoms with Gasteiger partial charge in [0.25, 0.3) is 0 Å². The number of carboxylic acid groups (broad SMARTS) is 1. The lowest BCUT2D eigenvalue weighted by Gasteiger charge is -2.16. The molecule has 2 atom stereocenters. The normalized spacial score (nSPS) is 22.3. The van der Waals surface area contributed by atoms with Crippen LogP contribution in [0.1, 0.15) is 17.5 Å². The van der Waals surface area contributed by atoms with Gasteiger partial charge < -0.3 is 14.7 Å². The van der Waals surface area contributed by atoms with Crippen molar-refractivity contribution in [3.8, 4) is 0 Å². The van der Waals surface area contributed by atoms with Crippen LogP contribution in [-0.4, -0.2) is 47.2 Å². The van der Waals surface area contributed by atoms with Crippen LogP contribution in [0.2, 0.25) is 0 Å². The number of hydrogen-bond acceptors (Lipinski definition) is 6. The summed E-state index contributed by atoms with van der Waals surface area (Å²) in [6.45, 7) is 2.86. The Hall–Kier alpha value is -2.18. The summed E-state index contributed by atoms with van der Waals surface area (Å²) in [6, 6.07) is 1.66. The minimum Gasteiger partial charge on any atom is -0.481 e. The molecular formula is C12H15N3O4. The fraction of sp³-hybridized carbons (Fsp3) is 0.500. The molecule has 0 unspecified atom stereocenters. The van der Waals surface area contributed by atoms with Crippen molar-refractivity contribution in [2.45, 2.75) is 6.92 Å². The van der Waals surface area contributed by atoms with E-state index in [2.05, 4.69) is 14.7 Å². The number of aromatic nitrogens is 2. The minimum absolute atomic E-state index is 0.0218. The number of hydrogen-bond donors (Lipinski definition) is 1. The Labute approximate surface area is 110 Å². The van der Waals surface area contributed by atoms with Crippen molar-refractivity contribution in [2.24, 2.45) is 11.8 Å². The highest BCUT2D eigenvalue weighted by molar-refractivity contribution is 5.85. The quantitative estimate of drug-likeness (QED) is 0.791. The van der Waals surface area contributed by atoms with Gasteiger partial charge in [-0.3, -0.25) is 4.79 Å². The molecule has 0 radical (unpaired) electrons. The number of rotatable bonds is 3. The first-order valence-corrected chi connectivity index (χ1v) is 5.92. The van der Waals surface area contributed by atoms with Gasteiger partial charge in [-0.15, -0.1) is 0 Å². The molecule has 1 N–H and O–H groups in total. The molecule has 2 rings (SSSR count). The average Bonchev–Trinajstić information content (AvgIpc) is 2.80. The summed E-state index contributed by atoms with van der Waals surface area (Å²) in [4.78, 5) is 32.2. The van der Waals surface area contributed by atoms with Crippen molar-refractivity contribution in [3.63, 3.8) is 0 Å². The van der Waals surface area contributed by atoms with E-state index in [9.17, 15) is 9.59 Å². The molecule has 0 aliphatic carbocycles. The molecule has 102 valence electrons. The molecule has 0 spiro atoms. The molecule has 0 amide bonds. The number of anilines is 1. The van der Waals surface area contributed by atoms with E-state index < -0.39 is 17.9 Å². The van der Waals surface area contributed by atoms with Crippen LogP contribution >= 0.6 is 0 Å². The lowest BCUT2D eigenvalue weighted by Crippen LogP contribution is -2.24. The topological polar surface area (TPSA) is 92.6 Å². The summed E-state index contributed by atoms with van der Waals surface area (Å²) < 4.78 is 4.56. The molecule has 1 aromatic rings. The summed E-state index contributed by atoms with van der Waals surface area (Å²) in [6.07, 6.45) is 1.47. The van der Waals surface area contributed by atoms with Gasteiger partial charge in [-0.25, -0.2) is 14.8 Å². The van der Waals surface area contributed by atoms with Crippen LogP contribution in [0.3, 0.4) is 0 Å². The molecule has 7 heteroatoms. The van der Waals surface area contributed by atoms with Crippen molar-refractivity contribution >= 4 is 17.8 Å². The third kappa shape index (κ3) is 2.64. The number of methoxy groups -OCH3 is 1. The van der Waals surface area contributed by atoms with Gasteiger partial charge in [0.05, 0.1) is 13.0 Å². The Morgan fingerprint density at radius 3 is 2.79 bits per heavy atom. The predicted molar refractivity (Wildman–Crippen MR) is 65.9 cm³/mol. The Morgan fingerprint density at radius 2 is 2.21 bits per heavy atom. The van der Waals surface area contributed by atoms with Crippen molar-refractivity contribution in [1.29, 1.82) is 0 Å². The van der Waals surface area contributed by atoms with E-state index in [0.29, 0.717) is 18.9 Å². The second-order valence-electron chi connectivity index (χ2n) is 4.56. The van der Waals surface area contributed by atoms with E-state index >= 15 is 0 Å². The van der Waals surface area contributed by atoms with Gasteiger partial charge in [0.15, 0.2) is 0 Å². The Kier molecular flexibility index (Phi) is 3.64. The molecule has 0 aromatic carbocycles. The third-order valence-electron chi connectivity index (χ3n) is 3.26. The summed E-state index contributed by atoms with van der Waals surface area (Å²) in [5.41, 5.74) is 0. The van der Waals surface area contributed by atoms with Crippen LogP contribution in [0.5, 0.6) is 0 Å². The fourth-order valence-corrected chi connectivity index (χ4v) is 2.19. The zero-order valence-electron chi connectivity index (χ0n) is 10.7. The second-order valence-corrected chi connectivity index (χ2v) is 4.56. The number of carboxylic acids is 1. The molecule has 0 bridgehead atoms. The average molecular weight is 265 g/mol. The van der Waals surface area contributed by atoms with E-state index in [4.69, 9.17) is 5.11 Å². The first kappa shape index (κ1) is 13.3. The highest BCUT2D eigenvalue weighted by Crippen LogP contribution is 2.26. The number of esters is 1. The monoisotopic (exact) mass is 265 g/mol. The van der Waals surface area contributed by atoms with Gasteiger partial charge in [-0.05, 0) is 12.0 Å². The van der Waals surface area contributed by atoms with E-state index in [1.54, 1.807) is 6.07 Å². The number of aliphatic carboxylic acids is 1. The molecule has 1 aromatic heterocycles. The van der Waals surface area contributed by atoms with Crippen LogP contribution < -0.4 is 4.90 Å². The highest BCUT2D eigenvalue weighted by Gasteiger charge is 2.35. The highest BCUT2D eigenvalue weighted by atomic mass is 16.5. The molecule has 1 saturated heterocycles. The first-order valence-electron chi connectivity index (χ1n) is 5.92. The van der Waals surface area contributed by atoms with Crippen LogP contribution in [0.4, 0.5) is 5.82 Å². The smallest absolute Gasteiger partial charge is 0.376 e. The van der Waals surface area contributed by atoms with Gasteiger partial charge >= 0.3 is 11.9 Å². The summed E-state index contributed by atoms with van der Waals surface area (Å²) in [7, 11) is 1.26. The zero-order chi connectivity index (χ0) is 14.0. The third-order valence-corrected chi connectivity index (χ3v) is 3.26. The zero-order valence-corrected chi connectivity index (χ0v) is 10.7. The van der Waals surface area contributed by atoms with Crippen molar-refractivity contribution < 1.29 is 19.4 Å². The lowest BCUT2D eigenvalue weighted by atomic mass is 9.99. The van der Waals surface area contributed by atoms with Gasteiger partial charge in [-0.1, -0.05) is 6.92 Å². The van der Waals surface area contributed by atoms with E-state index in [1.807, 2.05) is 11.8 Å². The molecule has 19 heavy (non-hydrogen) atoms. The van der Waals surface area contributed by atoms with Gasteiger partial charge in [-0.2, -0.15) is 0 Å². The maximum absolute atomic E-state index is 11.4. The minimum atomic E-state index is -0.808. The Morgan fingerprint density at radius 1 is 1.47 bits per heavy atom. The van der Waals surface area contributed by atoms with Gasteiger partial charge in [0, 0.05) is 19.3 Å². The predicted octanol–water partition coefficient (Wildman–Crippen LogP) is 0.420. The van der Waals surface area contributed by atoms with E-state index in [1.165, 1.54) is 13.3 Å². The first-order chi connectivity index (χ1) is 9.02. The summed E-state index contributed by atoms with van der Waals surface area (Å²) >= 11 is 0. The maximum Gasteiger partial charge on any atom is 0.376 e. The molecule has 1 aliphatic heterocycles. The molecule has 0 saturated carbocycles. The summed E-state index contributed by atoms with van der Waals surface area (Å²) in [5.74, 6) is -1.27. The molecule has 7 nitrogen and oxygen atoms in total. The SMILES string of the molecule is COC(=O)c1nccc(N2C[C@@H](C)[C@H](C(=O)O)C2)n1. The van der Waals surface area contributed by atoms with Crippen LogP contribution in [0.25, 0.3) is 0 Å². The summed E-state index contributed by atoms with van der Waals surface area (Å²) in [5, 5.41) is 9.10. The van der Waals surface area contributed by atoms with Gasteiger partial charge in [0.1, 0.15) is 5.82 Å². The fourth-order valence-electron chi connectivity index (χ4n) is 2.19. The molecule has 1 aliphatic rings. The van der Waals surface area contributed by atoms with Crippen molar-refractivity contribution in [1.82, 2.24) is 9.97 Å². The Balaban J connectivity index is 2.19.